The summed E-state index contributed by atoms with van der Waals surface area (Å²) in [4.78, 5) is 18.7. The molecule has 132 valence electrons. The maximum atomic E-state index is 12.7. The fourth-order valence-corrected chi connectivity index (χ4v) is 4.58. The second-order valence-electron chi connectivity index (χ2n) is 5.83. The van der Waals surface area contributed by atoms with Crippen molar-refractivity contribution in [2.24, 2.45) is 0 Å². The van der Waals surface area contributed by atoms with Crippen molar-refractivity contribution in [1.29, 1.82) is 0 Å². The number of aryl methyl sites for hydroxylation is 1. The summed E-state index contributed by atoms with van der Waals surface area (Å²) >= 11 is 1.63. The van der Waals surface area contributed by atoms with Gasteiger partial charge in [-0.05, 0) is 48.9 Å². The highest BCUT2D eigenvalue weighted by atomic mass is 32.2. The smallest absolute Gasteiger partial charge is 0.263 e. The van der Waals surface area contributed by atoms with Crippen LogP contribution in [0.15, 0.2) is 46.3 Å². The Bertz CT molecular complexity index is 896. The number of hydrogen-bond donors (Lipinski definition) is 1. The summed E-state index contributed by atoms with van der Waals surface area (Å²) in [5.41, 5.74) is 1.59. The van der Waals surface area contributed by atoms with E-state index in [0.717, 1.165) is 22.6 Å². The lowest BCUT2D eigenvalue weighted by atomic mass is 10.2. The number of aromatic nitrogens is 1. The molecule has 1 amide bonds. The summed E-state index contributed by atoms with van der Waals surface area (Å²) in [7, 11) is -3.78. The molecule has 6 nitrogen and oxygen atoms in total. The molecule has 0 radical (unpaired) electrons. The lowest BCUT2D eigenvalue weighted by Crippen LogP contribution is -2.29. The predicted octanol–water partition coefficient (Wildman–Crippen LogP) is 3.04. The zero-order valence-electron chi connectivity index (χ0n) is 14.0. The fourth-order valence-electron chi connectivity index (χ4n) is 2.57. The first kappa shape index (κ1) is 17.8. The van der Waals surface area contributed by atoms with E-state index in [-0.39, 0.29) is 16.6 Å². The van der Waals surface area contributed by atoms with Crippen molar-refractivity contribution in [3.05, 3.63) is 42.1 Å². The van der Waals surface area contributed by atoms with E-state index in [0.29, 0.717) is 12.2 Å². The molecule has 0 unspecified atom stereocenters. The molecule has 0 saturated carbocycles. The van der Waals surface area contributed by atoms with Gasteiger partial charge in [0, 0.05) is 24.6 Å². The zero-order valence-corrected chi connectivity index (χ0v) is 15.7. The number of carbonyl (C=O) groups is 1. The van der Waals surface area contributed by atoms with E-state index in [2.05, 4.69) is 9.71 Å². The maximum Gasteiger partial charge on any atom is 0.263 e. The molecule has 2 aromatic rings. The Balaban J connectivity index is 1.97. The number of anilines is 2. The van der Waals surface area contributed by atoms with Gasteiger partial charge in [0.15, 0.2) is 0 Å². The minimum absolute atomic E-state index is 0.0912. The van der Waals surface area contributed by atoms with Crippen molar-refractivity contribution in [2.45, 2.75) is 30.1 Å². The molecule has 1 aliphatic heterocycles. The standard InChI is InChI=1S/C17H19N3O3S2/c1-12-4-7-17(18-11-12)19-25(22,23)14-5-6-16-15(10-14)20(13(2)21)8-3-9-24-16/h4-7,10-11H,3,8-9H2,1-2H3,(H,18,19). The number of pyridine rings is 1. The van der Waals surface area contributed by atoms with Crippen LogP contribution in [-0.2, 0) is 14.8 Å². The van der Waals surface area contributed by atoms with Gasteiger partial charge in [-0.15, -0.1) is 11.8 Å². The molecular formula is C17H19N3O3S2. The van der Waals surface area contributed by atoms with Gasteiger partial charge in [-0.1, -0.05) is 6.07 Å². The topological polar surface area (TPSA) is 79.4 Å². The van der Waals surface area contributed by atoms with Crippen LogP contribution in [0, 0.1) is 6.92 Å². The summed E-state index contributed by atoms with van der Waals surface area (Å²) in [6.07, 6.45) is 2.47. The zero-order chi connectivity index (χ0) is 18.0. The first-order valence-electron chi connectivity index (χ1n) is 7.87. The summed E-state index contributed by atoms with van der Waals surface area (Å²) in [6, 6.07) is 8.29. The van der Waals surface area contributed by atoms with Crippen LogP contribution in [0.25, 0.3) is 0 Å². The molecule has 8 heteroatoms. The van der Waals surface area contributed by atoms with Gasteiger partial charge in [-0.25, -0.2) is 13.4 Å². The van der Waals surface area contributed by atoms with Crippen molar-refractivity contribution in [3.63, 3.8) is 0 Å². The number of sulfonamides is 1. The lowest BCUT2D eigenvalue weighted by molar-refractivity contribution is -0.116. The number of amides is 1. The number of thioether (sulfide) groups is 1. The molecule has 1 N–H and O–H groups in total. The third-order valence-corrected chi connectivity index (χ3v) is 6.35. The molecule has 1 aliphatic rings. The van der Waals surface area contributed by atoms with E-state index in [1.165, 1.54) is 6.92 Å². The van der Waals surface area contributed by atoms with E-state index in [9.17, 15) is 13.2 Å². The molecular weight excluding hydrogens is 358 g/mol. The Morgan fingerprint density at radius 2 is 2.08 bits per heavy atom. The van der Waals surface area contributed by atoms with E-state index in [1.807, 2.05) is 6.92 Å². The number of rotatable bonds is 3. The van der Waals surface area contributed by atoms with Crippen LogP contribution in [0.1, 0.15) is 18.9 Å². The van der Waals surface area contributed by atoms with Gasteiger partial charge in [0.25, 0.3) is 10.0 Å². The van der Waals surface area contributed by atoms with E-state index in [4.69, 9.17) is 0 Å². The normalized spacial score (nSPS) is 14.6. The summed E-state index contributed by atoms with van der Waals surface area (Å²) in [5, 5.41) is 0. The minimum atomic E-state index is -3.78. The largest absolute Gasteiger partial charge is 0.311 e. The molecule has 0 bridgehead atoms. The number of nitrogens with one attached hydrogen (secondary N) is 1. The van der Waals surface area contributed by atoms with Crippen LogP contribution < -0.4 is 9.62 Å². The number of benzene rings is 1. The Labute approximate surface area is 151 Å². The van der Waals surface area contributed by atoms with Crippen LogP contribution in [0.2, 0.25) is 0 Å². The van der Waals surface area contributed by atoms with Gasteiger partial charge in [0.05, 0.1) is 10.6 Å². The Morgan fingerprint density at radius 3 is 2.76 bits per heavy atom. The predicted molar refractivity (Wildman–Crippen MR) is 99.6 cm³/mol. The highest BCUT2D eigenvalue weighted by Gasteiger charge is 2.23. The molecule has 3 rings (SSSR count). The monoisotopic (exact) mass is 377 g/mol. The van der Waals surface area contributed by atoms with Crippen molar-refractivity contribution in [2.75, 3.05) is 21.9 Å². The average molecular weight is 377 g/mol. The van der Waals surface area contributed by atoms with Crippen LogP contribution in [0.4, 0.5) is 11.5 Å². The molecule has 1 aromatic heterocycles. The van der Waals surface area contributed by atoms with Crippen molar-refractivity contribution in [1.82, 2.24) is 4.98 Å². The highest BCUT2D eigenvalue weighted by molar-refractivity contribution is 7.99. The van der Waals surface area contributed by atoms with Crippen LogP contribution in [-0.4, -0.2) is 31.6 Å². The number of nitrogens with zero attached hydrogens (tertiary/aromatic N) is 2. The maximum absolute atomic E-state index is 12.7. The third-order valence-electron chi connectivity index (χ3n) is 3.85. The van der Waals surface area contributed by atoms with Crippen LogP contribution in [0.5, 0.6) is 0 Å². The Morgan fingerprint density at radius 1 is 1.28 bits per heavy atom. The van der Waals surface area contributed by atoms with Crippen molar-refractivity contribution < 1.29 is 13.2 Å². The van der Waals surface area contributed by atoms with Crippen LogP contribution in [0.3, 0.4) is 0 Å². The molecule has 25 heavy (non-hydrogen) atoms. The Kier molecular flexibility index (Phi) is 5.01. The average Bonchev–Trinajstić information content (AvgIpc) is 2.78. The second-order valence-corrected chi connectivity index (χ2v) is 8.65. The molecule has 0 spiro atoms. The van der Waals surface area contributed by atoms with Gasteiger partial charge in [-0.3, -0.25) is 9.52 Å². The summed E-state index contributed by atoms with van der Waals surface area (Å²) in [6.45, 7) is 3.97. The fraction of sp³-hybridized carbons (Fsp3) is 0.294. The van der Waals surface area contributed by atoms with Gasteiger partial charge in [0.2, 0.25) is 5.91 Å². The molecule has 0 atom stereocenters. The van der Waals surface area contributed by atoms with Crippen molar-refractivity contribution in [3.8, 4) is 0 Å². The van der Waals surface area contributed by atoms with E-state index >= 15 is 0 Å². The molecule has 1 aromatic carbocycles. The van der Waals surface area contributed by atoms with Gasteiger partial charge in [-0.2, -0.15) is 0 Å². The summed E-state index contributed by atoms with van der Waals surface area (Å²) in [5.74, 6) is 1.07. The molecule has 0 aliphatic carbocycles. The number of fused-ring (bicyclic) bond motifs is 1. The number of hydrogen-bond acceptors (Lipinski definition) is 5. The van der Waals surface area contributed by atoms with Gasteiger partial charge < -0.3 is 4.90 Å². The lowest BCUT2D eigenvalue weighted by Gasteiger charge is -2.21. The third kappa shape index (κ3) is 3.96. The first-order valence-corrected chi connectivity index (χ1v) is 10.3. The van der Waals surface area contributed by atoms with Gasteiger partial charge in [0.1, 0.15) is 5.82 Å². The van der Waals surface area contributed by atoms with Gasteiger partial charge >= 0.3 is 0 Å². The highest BCUT2D eigenvalue weighted by Crippen LogP contribution is 2.36. The quantitative estimate of drug-likeness (QED) is 0.889. The molecule has 0 fully saturated rings. The van der Waals surface area contributed by atoms with E-state index in [1.54, 1.807) is 53.2 Å². The Hall–Kier alpha value is -2.06. The SMILES string of the molecule is CC(=O)N1CCCSc2ccc(S(=O)(=O)Nc3ccc(C)cn3)cc21. The summed E-state index contributed by atoms with van der Waals surface area (Å²) < 4.78 is 27.8. The van der Waals surface area contributed by atoms with E-state index < -0.39 is 10.0 Å². The first-order chi connectivity index (χ1) is 11.9. The second kappa shape index (κ2) is 7.05. The molecule has 2 heterocycles. The van der Waals surface area contributed by atoms with Crippen molar-refractivity contribution >= 4 is 39.2 Å². The number of carbonyl (C=O) groups excluding carboxylic acids is 1. The minimum Gasteiger partial charge on any atom is -0.311 e. The van der Waals surface area contributed by atoms with Crippen LogP contribution >= 0.6 is 11.8 Å². The molecule has 0 saturated heterocycles.